The van der Waals surface area contributed by atoms with Crippen LogP contribution < -0.4 is 5.32 Å². The highest BCUT2D eigenvalue weighted by Crippen LogP contribution is 2.27. The molecule has 3 aliphatic rings. The van der Waals surface area contributed by atoms with Gasteiger partial charge in [0.1, 0.15) is 5.58 Å². The maximum atomic E-state index is 12.6. The Morgan fingerprint density at radius 3 is 2.75 bits per heavy atom. The highest BCUT2D eigenvalue weighted by Gasteiger charge is 2.30. The topological polar surface area (TPSA) is 62.6 Å². The minimum atomic E-state index is -0.111. The van der Waals surface area contributed by atoms with Gasteiger partial charge in [0.2, 0.25) is 0 Å². The molecule has 1 aromatic carbocycles. The smallest absolute Gasteiger partial charge is 0.251 e. The standard InChI is InChI=1S/C19H22N2O3/c1-12(22)17-9-14-2-3-15(10-18(14)24-17)19(23)20-16-8-13-4-6-21(11-16)7-5-13/h2-3,9-10,13,16H,4-8,11H2,1H3,(H,20,23)/t16-/m1/s1. The molecule has 0 unspecified atom stereocenters. The Hall–Kier alpha value is -2.14. The van der Waals surface area contributed by atoms with Crippen LogP contribution in [0.2, 0.25) is 0 Å². The van der Waals surface area contributed by atoms with Crippen LogP contribution in [0.1, 0.15) is 47.1 Å². The molecular formula is C19H22N2O3. The van der Waals surface area contributed by atoms with Crippen LogP contribution in [0.15, 0.2) is 28.7 Å². The zero-order valence-electron chi connectivity index (χ0n) is 13.9. The van der Waals surface area contributed by atoms with Crippen molar-refractivity contribution >= 4 is 22.7 Å². The number of carbonyl (C=O) groups excluding carboxylic acids is 2. The van der Waals surface area contributed by atoms with Crippen molar-refractivity contribution in [1.29, 1.82) is 0 Å². The fraction of sp³-hybridized carbons (Fsp3) is 0.474. The van der Waals surface area contributed by atoms with Crippen molar-refractivity contribution in [3.05, 3.63) is 35.6 Å². The van der Waals surface area contributed by atoms with Gasteiger partial charge in [0.15, 0.2) is 11.5 Å². The molecule has 1 amide bonds. The normalized spacial score (nSPS) is 26.3. The zero-order valence-corrected chi connectivity index (χ0v) is 13.9. The summed E-state index contributed by atoms with van der Waals surface area (Å²) in [6.45, 7) is 4.73. The predicted octanol–water partition coefficient (Wildman–Crippen LogP) is 2.85. The predicted molar refractivity (Wildman–Crippen MR) is 91.3 cm³/mol. The first-order valence-corrected chi connectivity index (χ1v) is 8.66. The van der Waals surface area contributed by atoms with E-state index in [9.17, 15) is 9.59 Å². The SMILES string of the molecule is CC(=O)c1cc2ccc(C(=O)N[C@@H]3CC4CCN(CC4)C3)cc2o1. The first kappa shape index (κ1) is 15.4. The number of Topliss-reactive ketones (excluding diaryl/α,β-unsaturated/α-hetero) is 1. The third kappa shape index (κ3) is 2.96. The fourth-order valence-electron chi connectivity index (χ4n) is 3.91. The van der Waals surface area contributed by atoms with Gasteiger partial charge in [0, 0.05) is 30.5 Å². The second kappa shape index (κ2) is 6.06. The molecule has 5 nitrogen and oxygen atoms in total. The summed E-state index contributed by atoms with van der Waals surface area (Å²) in [5.41, 5.74) is 1.16. The molecule has 4 heterocycles. The van der Waals surface area contributed by atoms with E-state index in [1.807, 2.05) is 6.07 Å². The fourth-order valence-corrected chi connectivity index (χ4v) is 3.91. The summed E-state index contributed by atoms with van der Waals surface area (Å²) in [6, 6.07) is 7.29. The van der Waals surface area contributed by atoms with Crippen molar-refractivity contribution < 1.29 is 14.0 Å². The number of ketones is 1. The molecule has 1 atom stereocenters. The van der Waals surface area contributed by atoms with E-state index in [1.165, 1.54) is 19.8 Å². The molecule has 0 aliphatic carbocycles. The maximum absolute atomic E-state index is 12.6. The van der Waals surface area contributed by atoms with Gasteiger partial charge in [-0.3, -0.25) is 9.59 Å². The van der Waals surface area contributed by atoms with E-state index in [2.05, 4.69) is 10.2 Å². The summed E-state index contributed by atoms with van der Waals surface area (Å²) in [5.74, 6) is 0.890. The van der Waals surface area contributed by atoms with E-state index in [0.29, 0.717) is 16.9 Å². The summed E-state index contributed by atoms with van der Waals surface area (Å²) >= 11 is 0. The highest BCUT2D eigenvalue weighted by atomic mass is 16.3. The Kier molecular flexibility index (Phi) is 3.88. The summed E-state index contributed by atoms with van der Waals surface area (Å²) in [4.78, 5) is 26.5. The molecule has 0 saturated carbocycles. The van der Waals surface area contributed by atoms with Gasteiger partial charge < -0.3 is 14.6 Å². The molecule has 3 saturated heterocycles. The average molecular weight is 326 g/mol. The first-order valence-electron chi connectivity index (χ1n) is 8.66. The number of rotatable bonds is 3. The molecule has 1 N–H and O–H groups in total. The van der Waals surface area contributed by atoms with Crippen LogP contribution in [0.25, 0.3) is 11.0 Å². The number of hydrogen-bond donors (Lipinski definition) is 1. The van der Waals surface area contributed by atoms with Gasteiger partial charge in [-0.1, -0.05) is 6.07 Å². The summed E-state index contributed by atoms with van der Waals surface area (Å²) in [7, 11) is 0. The molecular weight excluding hydrogens is 304 g/mol. The monoisotopic (exact) mass is 326 g/mol. The molecule has 24 heavy (non-hydrogen) atoms. The van der Waals surface area contributed by atoms with Crippen LogP contribution in [0.5, 0.6) is 0 Å². The van der Waals surface area contributed by atoms with Crippen LogP contribution in [0.3, 0.4) is 0 Å². The number of nitrogens with one attached hydrogen (secondary N) is 1. The second-order valence-electron chi connectivity index (χ2n) is 7.07. The van der Waals surface area contributed by atoms with Crippen molar-refractivity contribution in [1.82, 2.24) is 10.2 Å². The molecule has 5 heteroatoms. The second-order valence-corrected chi connectivity index (χ2v) is 7.07. The van der Waals surface area contributed by atoms with Crippen LogP contribution in [-0.4, -0.2) is 42.3 Å². The lowest BCUT2D eigenvalue weighted by molar-refractivity contribution is 0.0928. The molecule has 3 aliphatic heterocycles. The van der Waals surface area contributed by atoms with Gasteiger partial charge in [-0.2, -0.15) is 0 Å². The average Bonchev–Trinajstić information content (AvgIpc) is 2.79. The number of hydrogen-bond acceptors (Lipinski definition) is 4. The number of fused-ring (bicyclic) bond motifs is 5. The van der Waals surface area contributed by atoms with Gasteiger partial charge in [-0.15, -0.1) is 0 Å². The molecule has 126 valence electrons. The lowest BCUT2D eigenvalue weighted by atomic mass is 9.94. The van der Waals surface area contributed by atoms with Crippen molar-refractivity contribution in [3.63, 3.8) is 0 Å². The Bertz CT molecular complexity index is 773. The number of nitrogens with zero attached hydrogens (tertiary/aromatic N) is 1. The van der Waals surface area contributed by atoms with E-state index in [1.54, 1.807) is 18.2 Å². The number of amides is 1. The van der Waals surface area contributed by atoms with Crippen molar-refractivity contribution in [2.24, 2.45) is 5.92 Å². The van der Waals surface area contributed by atoms with Crippen molar-refractivity contribution in [2.45, 2.75) is 32.2 Å². The van der Waals surface area contributed by atoms with E-state index in [0.717, 1.165) is 37.4 Å². The quantitative estimate of drug-likeness (QED) is 0.881. The summed E-state index contributed by atoms with van der Waals surface area (Å²) < 4.78 is 5.54. The minimum Gasteiger partial charge on any atom is -0.453 e. The van der Waals surface area contributed by atoms with Crippen molar-refractivity contribution in [3.8, 4) is 0 Å². The molecule has 0 spiro atoms. The first-order chi connectivity index (χ1) is 11.6. The van der Waals surface area contributed by atoms with Crippen LogP contribution >= 0.6 is 0 Å². The third-order valence-electron chi connectivity index (χ3n) is 5.27. The van der Waals surface area contributed by atoms with Crippen LogP contribution in [0.4, 0.5) is 0 Å². The Morgan fingerprint density at radius 2 is 2.00 bits per heavy atom. The van der Waals surface area contributed by atoms with E-state index < -0.39 is 0 Å². The van der Waals surface area contributed by atoms with Gasteiger partial charge in [0.25, 0.3) is 5.91 Å². The van der Waals surface area contributed by atoms with Gasteiger partial charge in [-0.25, -0.2) is 0 Å². The zero-order chi connectivity index (χ0) is 16.7. The number of benzene rings is 1. The summed E-state index contributed by atoms with van der Waals surface area (Å²) in [6.07, 6.45) is 3.57. The van der Waals surface area contributed by atoms with E-state index >= 15 is 0 Å². The molecule has 1 aromatic heterocycles. The lowest BCUT2D eigenvalue weighted by Crippen LogP contribution is -2.41. The maximum Gasteiger partial charge on any atom is 0.251 e. The molecule has 2 aromatic rings. The Morgan fingerprint density at radius 1 is 1.21 bits per heavy atom. The van der Waals surface area contributed by atoms with E-state index in [4.69, 9.17) is 4.42 Å². The molecule has 0 radical (unpaired) electrons. The third-order valence-corrected chi connectivity index (χ3v) is 5.27. The highest BCUT2D eigenvalue weighted by molar-refractivity contribution is 6.00. The Balaban J connectivity index is 1.51. The van der Waals surface area contributed by atoms with Crippen molar-refractivity contribution in [2.75, 3.05) is 19.6 Å². The van der Waals surface area contributed by atoms with Gasteiger partial charge in [-0.05, 0) is 56.5 Å². The molecule has 5 rings (SSSR count). The van der Waals surface area contributed by atoms with Gasteiger partial charge >= 0.3 is 0 Å². The number of furan rings is 1. The van der Waals surface area contributed by atoms with Gasteiger partial charge in [0.05, 0.1) is 0 Å². The Labute approximate surface area is 141 Å². The minimum absolute atomic E-state index is 0.0647. The summed E-state index contributed by atoms with van der Waals surface area (Å²) in [5, 5.41) is 4.02. The van der Waals surface area contributed by atoms with Crippen LogP contribution in [0, 0.1) is 5.92 Å². The van der Waals surface area contributed by atoms with E-state index in [-0.39, 0.29) is 17.7 Å². The number of piperidine rings is 1. The lowest BCUT2D eigenvalue weighted by Gasteiger charge is -2.26. The largest absolute Gasteiger partial charge is 0.453 e. The number of carbonyl (C=O) groups is 2. The molecule has 3 fully saturated rings. The molecule has 2 bridgehead atoms. The van der Waals surface area contributed by atoms with Crippen LogP contribution in [-0.2, 0) is 0 Å².